The van der Waals surface area contributed by atoms with Crippen molar-refractivity contribution in [3.05, 3.63) is 53.9 Å². The van der Waals surface area contributed by atoms with Crippen molar-refractivity contribution < 1.29 is 0 Å². The van der Waals surface area contributed by atoms with Crippen molar-refractivity contribution in [3.8, 4) is 6.07 Å². The predicted octanol–water partition coefficient (Wildman–Crippen LogP) is 2.49. The molecule has 0 saturated carbocycles. The molecule has 2 aromatic rings. The first-order chi connectivity index (χ1) is 9.20. The number of rotatable bonds is 5. The first-order valence-corrected chi connectivity index (χ1v) is 6.42. The molecule has 0 aliphatic heterocycles. The summed E-state index contributed by atoms with van der Waals surface area (Å²) in [6, 6.07) is 12.3. The fourth-order valence-electron chi connectivity index (χ4n) is 1.95. The van der Waals surface area contributed by atoms with E-state index in [9.17, 15) is 0 Å². The predicted molar refractivity (Wildman–Crippen MR) is 74.4 cm³/mol. The molecule has 4 nitrogen and oxygen atoms in total. The molecule has 0 fully saturated rings. The topological polar surface area (TPSA) is 53.6 Å². The Hall–Kier alpha value is -2.12. The van der Waals surface area contributed by atoms with Gasteiger partial charge in [-0.2, -0.15) is 10.4 Å². The third kappa shape index (κ3) is 3.43. The van der Waals surface area contributed by atoms with Crippen molar-refractivity contribution in [3.63, 3.8) is 0 Å². The summed E-state index contributed by atoms with van der Waals surface area (Å²) in [5, 5.41) is 16.6. The fourth-order valence-corrected chi connectivity index (χ4v) is 1.95. The lowest BCUT2D eigenvalue weighted by molar-refractivity contribution is 0.365. The van der Waals surface area contributed by atoms with Crippen LogP contribution in [0.5, 0.6) is 0 Å². The van der Waals surface area contributed by atoms with E-state index in [1.54, 1.807) is 6.20 Å². The van der Waals surface area contributed by atoms with E-state index in [2.05, 4.69) is 30.3 Å². The summed E-state index contributed by atoms with van der Waals surface area (Å²) in [5.41, 5.74) is 1.82. The van der Waals surface area contributed by atoms with Crippen molar-refractivity contribution in [2.45, 2.75) is 32.5 Å². The van der Waals surface area contributed by atoms with Crippen molar-refractivity contribution >= 4 is 0 Å². The Kier molecular flexibility index (Phi) is 4.32. The zero-order chi connectivity index (χ0) is 13.7. The van der Waals surface area contributed by atoms with E-state index in [1.807, 2.05) is 41.2 Å². The van der Waals surface area contributed by atoms with E-state index in [0.717, 1.165) is 12.1 Å². The molecule has 2 rings (SSSR count). The van der Waals surface area contributed by atoms with E-state index < -0.39 is 0 Å². The smallest absolute Gasteiger partial charge is 0.0991 e. The first kappa shape index (κ1) is 13.3. The van der Waals surface area contributed by atoms with Gasteiger partial charge in [-0.25, -0.2) is 0 Å². The molecule has 0 radical (unpaired) electrons. The quantitative estimate of drug-likeness (QED) is 0.892. The third-order valence-electron chi connectivity index (χ3n) is 3.35. The number of benzene rings is 1. The molecule has 0 bridgehead atoms. The maximum atomic E-state index is 8.87. The van der Waals surface area contributed by atoms with Crippen LogP contribution in [0.4, 0.5) is 0 Å². The zero-order valence-corrected chi connectivity index (χ0v) is 11.2. The average molecular weight is 254 g/mol. The maximum Gasteiger partial charge on any atom is 0.0991 e. The van der Waals surface area contributed by atoms with Gasteiger partial charge in [0.2, 0.25) is 0 Å². The minimum absolute atomic E-state index is 0.286. The second kappa shape index (κ2) is 6.17. The van der Waals surface area contributed by atoms with Crippen LogP contribution in [-0.2, 0) is 6.54 Å². The summed E-state index contributed by atoms with van der Waals surface area (Å²) >= 11 is 0. The van der Waals surface area contributed by atoms with Crippen LogP contribution in [0.1, 0.15) is 31.0 Å². The summed E-state index contributed by atoms with van der Waals surface area (Å²) in [7, 11) is 0. The SMILES string of the molecule is C[C@H](NCc1cccc(C#N)c1)[C@H](C)n1cccn1. The highest BCUT2D eigenvalue weighted by Crippen LogP contribution is 2.10. The van der Waals surface area contributed by atoms with Crippen LogP contribution in [-0.4, -0.2) is 15.8 Å². The van der Waals surface area contributed by atoms with Gasteiger partial charge in [0, 0.05) is 25.0 Å². The molecule has 4 heteroatoms. The van der Waals surface area contributed by atoms with Gasteiger partial charge < -0.3 is 5.32 Å². The molecule has 19 heavy (non-hydrogen) atoms. The Morgan fingerprint density at radius 3 is 2.89 bits per heavy atom. The lowest BCUT2D eigenvalue weighted by Crippen LogP contribution is -2.33. The number of nitrogens with zero attached hydrogens (tertiary/aromatic N) is 3. The highest BCUT2D eigenvalue weighted by molar-refractivity contribution is 5.32. The monoisotopic (exact) mass is 254 g/mol. The van der Waals surface area contributed by atoms with Crippen LogP contribution in [0.25, 0.3) is 0 Å². The van der Waals surface area contributed by atoms with Crippen LogP contribution in [0, 0.1) is 11.3 Å². The normalized spacial score (nSPS) is 13.7. The largest absolute Gasteiger partial charge is 0.308 e. The first-order valence-electron chi connectivity index (χ1n) is 6.42. The summed E-state index contributed by atoms with van der Waals surface area (Å²) in [5.74, 6) is 0. The van der Waals surface area contributed by atoms with Gasteiger partial charge in [-0.15, -0.1) is 0 Å². The van der Waals surface area contributed by atoms with Crippen LogP contribution >= 0.6 is 0 Å². The number of hydrogen-bond acceptors (Lipinski definition) is 3. The molecule has 1 heterocycles. The molecule has 1 N–H and O–H groups in total. The van der Waals surface area contributed by atoms with Gasteiger partial charge in [-0.1, -0.05) is 12.1 Å². The summed E-state index contributed by atoms with van der Waals surface area (Å²) in [6.07, 6.45) is 3.76. The van der Waals surface area contributed by atoms with Gasteiger partial charge >= 0.3 is 0 Å². The summed E-state index contributed by atoms with van der Waals surface area (Å²) in [6.45, 7) is 5.03. The highest BCUT2D eigenvalue weighted by Gasteiger charge is 2.13. The van der Waals surface area contributed by atoms with Gasteiger partial charge in [-0.05, 0) is 37.6 Å². The van der Waals surface area contributed by atoms with Gasteiger partial charge in [0.15, 0.2) is 0 Å². The van der Waals surface area contributed by atoms with Gasteiger partial charge in [0.25, 0.3) is 0 Å². The van der Waals surface area contributed by atoms with Gasteiger partial charge in [-0.3, -0.25) is 4.68 Å². The van der Waals surface area contributed by atoms with Crippen LogP contribution in [0.15, 0.2) is 42.7 Å². The standard InChI is InChI=1S/C15H18N4/c1-12(13(2)19-8-4-7-18-19)17-11-15-6-3-5-14(9-15)10-16/h3-9,12-13,17H,11H2,1-2H3/t12-,13-/m0/s1. The van der Waals surface area contributed by atoms with E-state index in [4.69, 9.17) is 5.26 Å². The molecule has 1 aromatic heterocycles. The Balaban J connectivity index is 1.93. The Morgan fingerprint density at radius 2 is 2.21 bits per heavy atom. The van der Waals surface area contributed by atoms with Crippen LogP contribution in [0.2, 0.25) is 0 Å². The Labute approximate surface area is 113 Å². The Morgan fingerprint density at radius 1 is 1.37 bits per heavy atom. The molecule has 98 valence electrons. The molecule has 0 amide bonds. The van der Waals surface area contributed by atoms with Gasteiger partial charge in [0.1, 0.15) is 0 Å². The lowest BCUT2D eigenvalue weighted by Gasteiger charge is -2.21. The maximum absolute atomic E-state index is 8.87. The molecule has 0 saturated heterocycles. The molecule has 0 spiro atoms. The molecular formula is C15H18N4. The molecule has 1 aromatic carbocycles. The molecule has 2 atom stereocenters. The fraction of sp³-hybridized carbons (Fsp3) is 0.333. The second-order valence-corrected chi connectivity index (χ2v) is 4.71. The minimum atomic E-state index is 0.286. The molecule has 0 unspecified atom stereocenters. The van der Waals surface area contributed by atoms with Crippen LogP contribution in [0.3, 0.4) is 0 Å². The highest BCUT2D eigenvalue weighted by atomic mass is 15.3. The lowest BCUT2D eigenvalue weighted by atomic mass is 10.1. The molecule has 0 aliphatic rings. The van der Waals surface area contributed by atoms with Crippen molar-refractivity contribution in [1.29, 1.82) is 5.26 Å². The van der Waals surface area contributed by atoms with Crippen LogP contribution < -0.4 is 5.32 Å². The van der Waals surface area contributed by atoms with Crippen molar-refractivity contribution in [2.24, 2.45) is 0 Å². The van der Waals surface area contributed by atoms with E-state index in [-0.39, 0.29) is 6.04 Å². The van der Waals surface area contributed by atoms with Gasteiger partial charge in [0.05, 0.1) is 17.7 Å². The third-order valence-corrected chi connectivity index (χ3v) is 3.35. The zero-order valence-electron chi connectivity index (χ0n) is 11.2. The summed E-state index contributed by atoms with van der Waals surface area (Å²) < 4.78 is 1.95. The Bertz CT molecular complexity index is 554. The van der Waals surface area contributed by atoms with Crippen molar-refractivity contribution in [2.75, 3.05) is 0 Å². The minimum Gasteiger partial charge on any atom is -0.308 e. The summed E-state index contributed by atoms with van der Waals surface area (Å²) in [4.78, 5) is 0. The second-order valence-electron chi connectivity index (χ2n) is 4.71. The van der Waals surface area contributed by atoms with E-state index in [0.29, 0.717) is 11.6 Å². The molecule has 0 aliphatic carbocycles. The number of nitrogens with one attached hydrogen (secondary N) is 1. The number of aromatic nitrogens is 2. The van der Waals surface area contributed by atoms with E-state index >= 15 is 0 Å². The average Bonchev–Trinajstić information content (AvgIpc) is 2.98. The number of hydrogen-bond donors (Lipinski definition) is 1. The molecular weight excluding hydrogens is 236 g/mol. The van der Waals surface area contributed by atoms with E-state index in [1.165, 1.54) is 0 Å². The number of nitriles is 1. The van der Waals surface area contributed by atoms with Crippen molar-refractivity contribution in [1.82, 2.24) is 15.1 Å².